The van der Waals surface area contributed by atoms with E-state index < -0.39 is 10.0 Å². The van der Waals surface area contributed by atoms with Gasteiger partial charge in [-0.05, 0) is 26.5 Å². The first kappa shape index (κ1) is 17.8. The Hall–Kier alpha value is -1.22. The van der Waals surface area contributed by atoms with E-state index in [1.807, 2.05) is 13.8 Å². The van der Waals surface area contributed by atoms with Gasteiger partial charge in [0.1, 0.15) is 4.90 Å². The van der Waals surface area contributed by atoms with Gasteiger partial charge in [0.25, 0.3) is 5.71 Å². The van der Waals surface area contributed by atoms with Crippen molar-refractivity contribution in [3.63, 3.8) is 0 Å². The van der Waals surface area contributed by atoms with E-state index in [1.165, 1.54) is 6.20 Å². The molecule has 2 rings (SSSR count). The highest BCUT2D eigenvalue weighted by atomic mass is 35.5. The van der Waals surface area contributed by atoms with E-state index in [4.69, 9.17) is 4.52 Å². The lowest BCUT2D eigenvalue weighted by Gasteiger charge is -2.11. The van der Waals surface area contributed by atoms with Crippen LogP contribution in [0.1, 0.15) is 19.5 Å². The van der Waals surface area contributed by atoms with Gasteiger partial charge in [0.2, 0.25) is 10.0 Å². The van der Waals surface area contributed by atoms with Crippen molar-refractivity contribution >= 4 is 33.5 Å². The van der Waals surface area contributed by atoms with E-state index in [0.717, 1.165) is 0 Å². The molecule has 0 saturated heterocycles. The van der Waals surface area contributed by atoms with Crippen LogP contribution < -0.4 is 10.0 Å². The van der Waals surface area contributed by atoms with E-state index in [-0.39, 0.29) is 23.3 Å². The number of fused-ring (bicyclic) bond motifs is 1. The summed E-state index contributed by atoms with van der Waals surface area (Å²) in [5, 5.41) is 7.46. The molecular weight excluding hydrogens is 316 g/mol. The molecule has 0 bridgehead atoms. The highest BCUT2D eigenvalue weighted by Crippen LogP contribution is 2.20. The van der Waals surface area contributed by atoms with Crippen molar-refractivity contribution in [2.75, 3.05) is 13.6 Å². The first-order valence-electron chi connectivity index (χ1n) is 6.39. The van der Waals surface area contributed by atoms with E-state index in [9.17, 15) is 8.42 Å². The number of pyridine rings is 1. The number of nitrogens with one attached hydrogen (secondary N) is 2. The number of aryl methyl sites for hydroxylation is 1. The van der Waals surface area contributed by atoms with Gasteiger partial charge in [0, 0.05) is 12.6 Å². The Bertz CT molecular complexity index is 702. The summed E-state index contributed by atoms with van der Waals surface area (Å²) in [6.07, 6.45) is 1.93. The molecule has 0 radical (unpaired) electrons. The normalized spacial score (nSPS) is 13.1. The minimum Gasteiger partial charge on any atom is -0.336 e. The van der Waals surface area contributed by atoms with Crippen LogP contribution in [0, 0.1) is 0 Å². The van der Waals surface area contributed by atoms with Gasteiger partial charge in [-0.3, -0.25) is 0 Å². The first-order valence-corrected chi connectivity index (χ1v) is 7.87. The monoisotopic (exact) mass is 334 g/mol. The highest BCUT2D eigenvalue weighted by Gasteiger charge is 2.18. The second kappa shape index (κ2) is 7.17. The second-order valence-electron chi connectivity index (χ2n) is 4.55. The fourth-order valence-corrected chi connectivity index (χ4v) is 2.78. The molecule has 0 saturated carbocycles. The molecule has 21 heavy (non-hydrogen) atoms. The molecule has 0 aliphatic heterocycles. The SMILES string of the molecule is CCc1noc2ncc(S(=O)(=O)NCC(C)NC)cc12.Cl. The van der Waals surface area contributed by atoms with Crippen LogP contribution in [0.15, 0.2) is 21.7 Å². The molecule has 0 fully saturated rings. The summed E-state index contributed by atoms with van der Waals surface area (Å²) in [5.74, 6) is 0. The fourth-order valence-electron chi connectivity index (χ4n) is 1.68. The Balaban J connectivity index is 0.00000220. The number of likely N-dealkylation sites (N-methyl/N-ethyl adjacent to an activating group) is 1. The number of aromatic nitrogens is 2. The van der Waals surface area contributed by atoms with Crippen LogP contribution in [0.4, 0.5) is 0 Å². The summed E-state index contributed by atoms with van der Waals surface area (Å²) < 4.78 is 32.0. The van der Waals surface area contributed by atoms with Crippen LogP contribution in [-0.2, 0) is 16.4 Å². The first-order chi connectivity index (χ1) is 9.47. The minimum atomic E-state index is -3.58. The van der Waals surface area contributed by atoms with E-state index in [0.29, 0.717) is 29.8 Å². The molecule has 0 amide bonds. The zero-order valence-electron chi connectivity index (χ0n) is 12.1. The fraction of sp³-hybridized carbons (Fsp3) is 0.500. The predicted octanol–water partition coefficient (Wildman–Crippen LogP) is 1.09. The molecule has 0 aliphatic rings. The average molecular weight is 335 g/mol. The third-order valence-electron chi connectivity index (χ3n) is 3.10. The van der Waals surface area contributed by atoms with E-state index in [1.54, 1.807) is 13.1 Å². The van der Waals surface area contributed by atoms with Gasteiger partial charge in [-0.15, -0.1) is 12.4 Å². The maximum absolute atomic E-state index is 12.2. The second-order valence-corrected chi connectivity index (χ2v) is 6.32. The molecule has 2 N–H and O–H groups in total. The molecule has 9 heteroatoms. The van der Waals surface area contributed by atoms with Crippen molar-refractivity contribution in [1.29, 1.82) is 0 Å². The van der Waals surface area contributed by atoms with Crippen molar-refractivity contribution < 1.29 is 12.9 Å². The maximum atomic E-state index is 12.2. The zero-order chi connectivity index (χ0) is 14.8. The van der Waals surface area contributed by atoms with Crippen LogP contribution in [0.5, 0.6) is 0 Å². The van der Waals surface area contributed by atoms with Gasteiger partial charge in [0.05, 0.1) is 17.3 Å². The summed E-state index contributed by atoms with van der Waals surface area (Å²) in [6, 6.07) is 1.59. The topological polar surface area (TPSA) is 97.1 Å². The summed E-state index contributed by atoms with van der Waals surface area (Å²) in [5.41, 5.74) is 1.05. The largest absolute Gasteiger partial charge is 0.336 e. The van der Waals surface area contributed by atoms with Crippen molar-refractivity contribution in [3.05, 3.63) is 18.0 Å². The van der Waals surface area contributed by atoms with Crippen LogP contribution in [0.2, 0.25) is 0 Å². The molecular formula is C12H19ClN4O3S. The summed E-state index contributed by atoms with van der Waals surface area (Å²) in [4.78, 5) is 4.12. The molecule has 1 unspecified atom stereocenters. The minimum absolute atomic E-state index is 0. The van der Waals surface area contributed by atoms with E-state index in [2.05, 4.69) is 20.2 Å². The van der Waals surface area contributed by atoms with Crippen molar-refractivity contribution in [2.45, 2.75) is 31.2 Å². The van der Waals surface area contributed by atoms with Crippen LogP contribution >= 0.6 is 12.4 Å². The quantitative estimate of drug-likeness (QED) is 0.821. The van der Waals surface area contributed by atoms with Gasteiger partial charge in [-0.1, -0.05) is 12.1 Å². The van der Waals surface area contributed by atoms with E-state index >= 15 is 0 Å². The standard InChI is InChI=1S/C12H18N4O3S.ClH/c1-4-11-10-5-9(7-14-12(10)19-16-11)20(17,18)15-6-8(2)13-3;/h5,7-8,13,15H,4,6H2,1-3H3;1H. The lowest BCUT2D eigenvalue weighted by molar-refractivity contribution is 0.439. The lowest BCUT2D eigenvalue weighted by Crippen LogP contribution is -2.37. The maximum Gasteiger partial charge on any atom is 0.258 e. The van der Waals surface area contributed by atoms with Crippen molar-refractivity contribution in [3.8, 4) is 0 Å². The number of nitrogens with zero attached hydrogens (tertiary/aromatic N) is 2. The van der Waals surface area contributed by atoms with Gasteiger partial charge in [-0.2, -0.15) is 0 Å². The third-order valence-corrected chi connectivity index (χ3v) is 4.49. The number of hydrogen-bond acceptors (Lipinski definition) is 6. The Morgan fingerprint density at radius 2 is 2.14 bits per heavy atom. The average Bonchev–Trinajstić information content (AvgIpc) is 2.86. The molecule has 0 spiro atoms. The molecule has 2 heterocycles. The number of halogens is 1. The number of hydrogen-bond donors (Lipinski definition) is 2. The van der Waals surface area contributed by atoms with Crippen LogP contribution in [-0.4, -0.2) is 38.2 Å². The van der Waals surface area contributed by atoms with Gasteiger partial charge in [-0.25, -0.2) is 18.1 Å². The molecule has 2 aromatic heterocycles. The van der Waals surface area contributed by atoms with Crippen LogP contribution in [0.3, 0.4) is 0 Å². The highest BCUT2D eigenvalue weighted by molar-refractivity contribution is 7.89. The lowest BCUT2D eigenvalue weighted by atomic mass is 10.2. The summed E-state index contributed by atoms with van der Waals surface area (Å²) in [7, 11) is -1.81. The van der Waals surface area contributed by atoms with Crippen LogP contribution in [0.25, 0.3) is 11.1 Å². The summed E-state index contributed by atoms with van der Waals surface area (Å²) in [6.45, 7) is 4.12. The molecule has 7 nitrogen and oxygen atoms in total. The predicted molar refractivity (Wildman–Crippen MR) is 82.1 cm³/mol. The number of rotatable bonds is 6. The zero-order valence-corrected chi connectivity index (χ0v) is 13.7. The Kier molecular flexibility index (Phi) is 6.09. The van der Waals surface area contributed by atoms with Gasteiger partial charge < -0.3 is 9.84 Å². The molecule has 0 aromatic carbocycles. The molecule has 0 aliphatic carbocycles. The molecule has 2 aromatic rings. The summed E-state index contributed by atoms with van der Waals surface area (Å²) >= 11 is 0. The molecule has 1 atom stereocenters. The molecule has 118 valence electrons. The Morgan fingerprint density at radius 1 is 1.43 bits per heavy atom. The third kappa shape index (κ3) is 3.91. The van der Waals surface area contributed by atoms with Gasteiger partial charge in [0.15, 0.2) is 0 Å². The van der Waals surface area contributed by atoms with Crippen molar-refractivity contribution in [1.82, 2.24) is 20.2 Å². The smallest absolute Gasteiger partial charge is 0.258 e. The van der Waals surface area contributed by atoms with Crippen molar-refractivity contribution in [2.24, 2.45) is 0 Å². The number of sulfonamides is 1. The Morgan fingerprint density at radius 3 is 2.76 bits per heavy atom. The Labute approximate surface area is 130 Å². The van der Waals surface area contributed by atoms with Gasteiger partial charge >= 0.3 is 0 Å².